The Bertz CT molecular complexity index is 745. The Morgan fingerprint density at radius 2 is 1.96 bits per heavy atom. The third-order valence-electron chi connectivity index (χ3n) is 5.61. The minimum atomic E-state index is -1.25. The number of ketones is 1. The van der Waals surface area contributed by atoms with Crippen LogP contribution in [0.25, 0.3) is 0 Å². The van der Waals surface area contributed by atoms with Crippen molar-refractivity contribution < 1.29 is 19.2 Å². The number of fused-ring (bicyclic) bond motifs is 2. The number of hydrogen-bond donors (Lipinski definition) is 2. The van der Waals surface area contributed by atoms with Crippen LogP contribution in [0, 0.1) is 22.0 Å². The zero-order valence-electron chi connectivity index (χ0n) is 15.7. The zero-order chi connectivity index (χ0) is 19.6. The van der Waals surface area contributed by atoms with Gasteiger partial charge in [0.2, 0.25) is 5.79 Å². The van der Waals surface area contributed by atoms with Crippen LogP contribution < -0.4 is 10.6 Å². The monoisotopic (exact) mass is 375 g/mol. The van der Waals surface area contributed by atoms with Gasteiger partial charge in [-0.1, -0.05) is 37.3 Å². The lowest BCUT2D eigenvalue weighted by Gasteiger charge is -2.51. The van der Waals surface area contributed by atoms with Crippen molar-refractivity contribution in [3.8, 4) is 0 Å². The second-order valence-electron chi connectivity index (χ2n) is 6.94. The van der Waals surface area contributed by atoms with E-state index in [0.29, 0.717) is 12.4 Å². The van der Waals surface area contributed by atoms with Crippen molar-refractivity contribution in [2.24, 2.45) is 11.8 Å². The van der Waals surface area contributed by atoms with Crippen molar-refractivity contribution >= 4 is 5.78 Å². The van der Waals surface area contributed by atoms with Crippen LogP contribution in [0.1, 0.15) is 18.9 Å². The summed E-state index contributed by atoms with van der Waals surface area (Å²) >= 11 is 0. The summed E-state index contributed by atoms with van der Waals surface area (Å²) in [6.07, 6.45) is 0.738. The molecule has 1 aliphatic heterocycles. The van der Waals surface area contributed by atoms with Gasteiger partial charge in [0.1, 0.15) is 11.7 Å². The highest BCUT2D eigenvalue weighted by Gasteiger charge is 2.63. The first-order chi connectivity index (χ1) is 12.9. The number of rotatable bonds is 7. The molecule has 0 spiro atoms. The fraction of sp³-hybridized carbons (Fsp3) is 0.526. The second-order valence-corrected chi connectivity index (χ2v) is 6.94. The standard InChI is InChI=1S/C19H25N3O5/c1-12-15(23)11-14-16(22(24)25)18(21-17(12)19(14,26-2)27-3)20-10-9-13-7-5-4-6-8-13/h4-8,12,14,17,20-21H,9-11H2,1-3H3/t12-,14-,17-/m0/s1. The van der Waals surface area contributed by atoms with E-state index in [9.17, 15) is 14.9 Å². The van der Waals surface area contributed by atoms with E-state index in [1.165, 1.54) is 14.2 Å². The van der Waals surface area contributed by atoms with E-state index in [1.807, 2.05) is 30.3 Å². The normalized spacial score (nSPS) is 26.5. The molecule has 146 valence electrons. The first-order valence-electron chi connectivity index (χ1n) is 9.00. The summed E-state index contributed by atoms with van der Waals surface area (Å²) in [6.45, 7) is 2.32. The summed E-state index contributed by atoms with van der Waals surface area (Å²) in [5.74, 6) is -2.11. The lowest BCUT2D eigenvalue weighted by Crippen LogP contribution is -2.69. The molecule has 0 amide bonds. The number of hydrogen-bond acceptors (Lipinski definition) is 7. The highest BCUT2D eigenvalue weighted by Crippen LogP contribution is 2.46. The summed E-state index contributed by atoms with van der Waals surface area (Å²) in [6, 6.07) is 9.37. The molecule has 1 fully saturated rings. The van der Waals surface area contributed by atoms with Gasteiger partial charge in [-0.15, -0.1) is 0 Å². The molecule has 2 aliphatic rings. The van der Waals surface area contributed by atoms with Crippen molar-refractivity contribution in [3.05, 3.63) is 57.5 Å². The van der Waals surface area contributed by atoms with E-state index in [4.69, 9.17) is 9.47 Å². The topological polar surface area (TPSA) is 103 Å². The molecule has 1 aliphatic carbocycles. The van der Waals surface area contributed by atoms with Gasteiger partial charge in [0.15, 0.2) is 5.82 Å². The Morgan fingerprint density at radius 3 is 2.56 bits per heavy atom. The average Bonchev–Trinajstić information content (AvgIpc) is 2.67. The number of nitrogens with one attached hydrogen (secondary N) is 2. The van der Waals surface area contributed by atoms with Crippen LogP contribution in [0.3, 0.4) is 0 Å². The first-order valence-corrected chi connectivity index (χ1v) is 9.00. The van der Waals surface area contributed by atoms with Crippen molar-refractivity contribution in [1.29, 1.82) is 0 Å². The highest BCUT2D eigenvalue weighted by atomic mass is 16.7. The maximum atomic E-state index is 12.4. The van der Waals surface area contributed by atoms with Gasteiger partial charge in [-0.05, 0) is 12.0 Å². The molecule has 0 radical (unpaired) electrons. The number of benzene rings is 1. The van der Waals surface area contributed by atoms with Crippen LogP contribution in [-0.4, -0.2) is 43.3 Å². The molecule has 8 nitrogen and oxygen atoms in total. The summed E-state index contributed by atoms with van der Waals surface area (Å²) < 4.78 is 11.2. The van der Waals surface area contributed by atoms with Gasteiger partial charge >= 0.3 is 0 Å². The fourth-order valence-corrected chi connectivity index (χ4v) is 4.16. The predicted molar refractivity (Wildman–Crippen MR) is 98.1 cm³/mol. The van der Waals surface area contributed by atoms with Gasteiger partial charge in [0.05, 0.1) is 11.0 Å². The molecular formula is C19H25N3O5. The van der Waals surface area contributed by atoms with Gasteiger partial charge in [0, 0.05) is 33.1 Å². The molecule has 0 saturated heterocycles. The largest absolute Gasteiger partial charge is 0.366 e. The van der Waals surface area contributed by atoms with Crippen LogP contribution in [-0.2, 0) is 20.7 Å². The lowest BCUT2D eigenvalue weighted by molar-refractivity contribution is -0.451. The molecule has 1 saturated carbocycles. The molecule has 2 N–H and O–H groups in total. The van der Waals surface area contributed by atoms with Crippen LogP contribution >= 0.6 is 0 Å². The Labute approximate surface area is 158 Å². The van der Waals surface area contributed by atoms with Gasteiger partial charge < -0.3 is 20.1 Å². The van der Waals surface area contributed by atoms with Crippen molar-refractivity contribution in [2.75, 3.05) is 20.8 Å². The molecule has 27 heavy (non-hydrogen) atoms. The fourth-order valence-electron chi connectivity index (χ4n) is 4.16. The van der Waals surface area contributed by atoms with Crippen LogP contribution in [0.5, 0.6) is 0 Å². The summed E-state index contributed by atoms with van der Waals surface area (Å²) in [4.78, 5) is 23.8. The Hall–Kier alpha value is -2.45. The number of Topliss-reactive ketones (excluding diaryl/α,β-unsaturated/α-hetero) is 1. The number of methoxy groups -OCH3 is 2. The van der Waals surface area contributed by atoms with Gasteiger partial charge in [0.25, 0.3) is 5.70 Å². The third kappa shape index (κ3) is 3.30. The third-order valence-corrected chi connectivity index (χ3v) is 5.61. The van der Waals surface area contributed by atoms with Gasteiger partial charge in [-0.3, -0.25) is 14.9 Å². The highest BCUT2D eigenvalue weighted by molar-refractivity contribution is 5.83. The van der Waals surface area contributed by atoms with Gasteiger partial charge in [-0.2, -0.15) is 0 Å². The smallest absolute Gasteiger partial charge is 0.294 e. The van der Waals surface area contributed by atoms with Crippen LogP contribution in [0.15, 0.2) is 41.8 Å². The SMILES string of the molecule is COC1(OC)[C@H]2CC(=O)[C@H](C)[C@@H]1NC(NCCc1ccccc1)=C2[N+](=O)[O-]. The van der Waals surface area contributed by atoms with E-state index < -0.39 is 22.7 Å². The first kappa shape index (κ1) is 19.3. The van der Waals surface area contributed by atoms with Crippen LogP contribution in [0.4, 0.5) is 0 Å². The summed E-state index contributed by atoms with van der Waals surface area (Å²) in [5.41, 5.74) is 1.04. The number of nitrogens with zero attached hydrogens (tertiary/aromatic N) is 1. The van der Waals surface area contributed by atoms with Crippen molar-refractivity contribution in [3.63, 3.8) is 0 Å². The van der Waals surface area contributed by atoms with E-state index in [-0.39, 0.29) is 23.8 Å². The van der Waals surface area contributed by atoms with E-state index in [0.717, 1.165) is 12.0 Å². The molecular weight excluding hydrogens is 350 g/mol. The molecule has 8 heteroatoms. The van der Waals surface area contributed by atoms with Gasteiger partial charge in [-0.25, -0.2) is 0 Å². The van der Waals surface area contributed by atoms with Crippen molar-refractivity contribution in [2.45, 2.75) is 31.6 Å². The van der Waals surface area contributed by atoms with E-state index in [1.54, 1.807) is 6.92 Å². The maximum Gasteiger partial charge on any atom is 0.294 e. The Balaban J connectivity index is 1.90. The maximum absolute atomic E-state index is 12.4. The molecule has 3 rings (SSSR count). The van der Waals surface area contributed by atoms with E-state index in [2.05, 4.69) is 10.6 Å². The summed E-state index contributed by atoms with van der Waals surface area (Å²) in [7, 11) is 2.91. The minimum Gasteiger partial charge on any atom is -0.366 e. The summed E-state index contributed by atoms with van der Waals surface area (Å²) in [5, 5.41) is 18.1. The Kier molecular flexibility index (Phi) is 5.48. The Morgan fingerprint density at radius 1 is 1.30 bits per heavy atom. The zero-order valence-corrected chi connectivity index (χ0v) is 15.7. The molecule has 2 bridgehead atoms. The van der Waals surface area contributed by atoms with E-state index >= 15 is 0 Å². The molecule has 1 aromatic rings. The lowest BCUT2D eigenvalue weighted by atomic mass is 9.69. The number of ether oxygens (including phenoxy) is 2. The van der Waals surface area contributed by atoms with Crippen LogP contribution in [0.2, 0.25) is 0 Å². The minimum absolute atomic E-state index is 0.0151. The van der Waals surface area contributed by atoms with Crippen molar-refractivity contribution in [1.82, 2.24) is 10.6 Å². The number of carbonyl (C=O) groups excluding carboxylic acids is 1. The molecule has 0 aromatic heterocycles. The quantitative estimate of drug-likeness (QED) is 0.422. The molecule has 0 unspecified atom stereocenters. The second kappa shape index (κ2) is 7.66. The molecule has 1 aromatic carbocycles. The predicted octanol–water partition coefficient (Wildman–Crippen LogP) is 1.45. The number of carbonyl (C=O) groups is 1. The molecule has 1 heterocycles. The average molecular weight is 375 g/mol. The molecule has 3 atom stereocenters. The number of nitro groups is 1.